The van der Waals surface area contributed by atoms with Gasteiger partial charge in [0.2, 0.25) is 0 Å². The number of pyridine rings is 1. The molecule has 0 bridgehead atoms. The Hall–Kier alpha value is -0.970. The lowest BCUT2D eigenvalue weighted by molar-refractivity contribution is -0.0128. The van der Waals surface area contributed by atoms with E-state index < -0.39 is 0 Å². The van der Waals surface area contributed by atoms with E-state index in [0.717, 1.165) is 25.2 Å². The molecule has 1 aromatic heterocycles. The van der Waals surface area contributed by atoms with Crippen molar-refractivity contribution in [1.82, 2.24) is 10.3 Å². The molecule has 0 aliphatic carbocycles. The zero-order chi connectivity index (χ0) is 15.7. The third kappa shape index (κ3) is 8.15. The van der Waals surface area contributed by atoms with Gasteiger partial charge in [-0.3, -0.25) is 4.98 Å². The number of hydrogen-bond acceptors (Lipinski definition) is 4. The Labute approximate surface area is 129 Å². The highest BCUT2D eigenvalue weighted by atomic mass is 16.5. The fourth-order valence-corrected chi connectivity index (χ4v) is 1.75. The molecule has 0 fully saturated rings. The van der Waals surface area contributed by atoms with Crippen LogP contribution in [0.5, 0.6) is 0 Å². The second-order valence-electron chi connectivity index (χ2n) is 6.45. The molecule has 0 spiro atoms. The van der Waals surface area contributed by atoms with Gasteiger partial charge >= 0.3 is 0 Å². The van der Waals surface area contributed by atoms with E-state index in [1.54, 1.807) is 7.11 Å². The number of ether oxygens (including phenoxy) is 2. The molecule has 120 valence electrons. The lowest BCUT2D eigenvalue weighted by Crippen LogP contribution is -2.24. The van der Waals surface area contributed by atoms with Gasteiger partial charge in [-0.25, -0.2) is 0 Å². The molecule has 0 saturated carbocycles. The molecule has 0 amide bonds. The highest BCUT2D eigenvalue weighted by Gasteiger charge is 2.15. The van der Waals surface area contributed by atoms with Crippen molar-refractivity contribution in [2.75, 3.05) is 20.3 Å². The Morgan fingerprint density at radius 3 is 2.62 bits per heavy atom. The predicted molar refractivity (Wildman–Crippen MR) is 86.1 cm³/mol. The van der Waals surface area contributed by atoms with Gasteiger partial charge in [0.25, 0.3) is 0 Å². The first-order valence-electron chi connectivity index (χ1n) is 7.70. The van der Waals surface area contributed by atoms with Crippen molar-refractivity contribution < 1.29 is 9.47 Å². The summed E-state index contributed by atoms with van der Waals surface area (Å²) in [6.45, 7) is 11.7. The van der Waals surface area contributed by atoms with Crippen molar-refractivity contribution in [2.24, 2.45) is 5.92 Å². The van der Waals surface area contributed by atoms with E-state index in [-0.39, 0.29) is 5.60 Å². The molecule has 0 aliphatic rings. The molecule has 4 nitrogen and oxygen atoms in total. The molecule has 21 heavy (non-hydrogen) atoms. The van der Waals surface area contributed by atoms with E-state index >= 15 is 0 Å². The minimum atomic E-state index is -0.126. The van der Waals surface area contributed by atoms with Crippen molar-refractivity contribution in [3.8, 4) is 0 Å². The number of hydrogen-bond donors (Lipinski definition) is 1. The monoisotopic (exact) mass is 294 g/mol. The first kappa shape index (κ1) is 18.1. The summed E-state index contributed by atoms with van der Waals surface area (Å²) in [4.78, 5) is 4.43. The summed E-state index contributed by atoms with van der Waals surface area (Å²) in [5.41, 5.74) is 2.05. The maximum absolute atomic E-state index is 5.65. The van der Waals surface area contributed by atoms with Gasteiger partial charge in [-0.05, 0) is 44.4 Å². The van der Waals surface area contributed by atoms with Gasteiger partial charge < -0.3 is 14.8 Å². The van der Waals surface area contributed by atoms with Gasteiger partial charge in [-0.2, -0.15) is 0 Å². The minimum absolute atomic E-state index is 0.126. The van der Waals surface area contributed by atoms with E-state index in [1.165, 1.54) is 5.56 Å². The molecular formula is C17H30N2O2. The SMILES string of the molecule is COC(C)(C)CCOCc1ccc(CNCC(C)C)cn1. The fraction of sp³-hybridized carbons (Fsp3) is 0.706. The van der Waals surface area contributed by atoms with Gasteiger partial charge in [-0.1, -0.05) is 19.9 Å². The Morgan fingerprint density at radius 1 is 1.29 bits per heavy atom. The maximum Gasteiger partial charge on any atom is 0.0887 e. The maximum atomic E-state index is 5.65. The lowest BCUT2D eigenvalue weighted by Gasteiger charge is -2.22. The summed E-state index contributed by atoms with van der Waals surface area (Å²) in [6.07, 6.45) is 2.80. The Bertz CT molecular complexity index is 388. The zero-order valence-corrected chi connectivity index (χ0v) is 14.1. The van der Waals surface area contributed by atoms with Crippen molar-refractivity contribution in [2.45, 2.75) is 52.9 Å². The molecule has 0 unspecified atom stereocenters. The lowest BCUT2D eigenvalue weighted by atomic mass is 10.1. The van der Waals surface area contributed by atoms with Gasteiger partial charge in [-0.15, -0.1) is 0 Å². The number of methoxy groups -OCH3 is 1. The van der Waals surface area contributed by atoms with Crippen molar-refractivity contribution in [3.05, 3.63) is 29.6 Å². The van der Waals surface area contributed by atoms with Crippen LogP contribution in [0, 0.1) is 5.92 Å². The predicted octanol–water partition coefficient (Wildman–Crippen LogP) is 3.16. The smallest absolute Gasteiger partial charge is 0.0887 e. The van der Waals surface area contributed by atoms with Gasteiger partial charge in [0.05, 0.1) is 17.9 Å². The van der Waals surface area contributed by atoms with Crippen LogP contribution in [0.15, 0.2) is 18.3 Å². The highest BCUT2D eigenvalue weighted by molar-refractivity contribution is 5.13. The second-order valence-corrected chi connectivity index (χ2v) is 6.45. The summed E-state index contributed by atoms with van der Waals surface area (Å²) < 4.78 is 11.0. The minimum Gasteiger partial charge on any atom is -0.379 e. The van der Waals surface area contributed by atoms with E-state index in [2.05, 4.69) is 44.1 Å². The van der Waals surface area contributed by atoms with Gasteiger partial charge in [0, 0.05) is 26.5 Å². The normalized spacial score (nSPS) is 12.1. The van der Waals surface area contributed by atoms with E-state index in [9.17, 15) is 0 Å². The number of nitrogens with one attached hydrogen (secondary N) is 1. The third-order valence-electron chi connectivity index (χ3n) is 3.42. The molecule has 1 rings (SSSR count). The van der Waals surface area contributed by atoms with Crippen LogP contribution in [0.1, 0.15) is 45.4 Å². The molecule has 0 saturated heterocycles. The highest BCUT2D eigenvalue weighted by Crippen LogP contribution is 2.13. The average molecular weight is 294 g/mol. The summed E-state index contributed by atoms with van der Waals surface area (Å²) in [5.74, 6) is 0.669. The van der Waals surface area contributed by atoms with Crippen LogP contribution >= 0.6 is 0 Å². The van der Waals surface area contributed by atoms with Crippen LogP contribution in [0.4, 0.5) is 0 Å². The van der Waals surface area contributed by atoms with Crippen LogP contribution in [0.25, 0.3) is 0 Å². The van der Waals surface area contributed by atoms with E-state index in [4.69, 9.17) is 9.47 Å². The Morgan fingerprint density at radius 2 is 2.05 bits per heavy atom. The Balaban J connectivity index is 2.25. The molecule has 0 atom stereocenters. The summed E-state index contributed by atoms with van der Waals surface area (Å²) in [7, 11) is 1.73. The molecule has 4 heteroatoms. The van der Waals surface area contributed by atoms with Gasteiger partial charge in [0.1, 0.15) is 0 Å². The molecule has 0 aliphatic heterocycles. The Kier molecular flexibility index (Phi) is 7.86. The van der Waals surface area contributed by atoms with E-state index in [0.29, 0.717) is 19.1 Å². The summed E-state index contributed by atoms with van der Waals surface area (Å²) in [6, 6.07) is 4.14. The van der Waals surface area contributed by atoms with Crippen LogP contribution < -0.4 is 5.32 Å². The number of aromatic nitrogens is 1. The third-order valence-corrected chi connectivity index (χ3v) is 3.42. The quantitative estimate of drug-likeness (QED) is 0.673. The summed E-state index contributed by atoms with van der Waals surface area (Å²) >= 11 is 0. The van der Waals surface area contributed by atoms with Crippen molar-refractivity contribution in [3.63, 3.8) is 0 Å². The van der Waals surface area contributed by atoms with Crippen LogP contribution in [-0.2, 0) is 22.6 Å². The first-order chi connectivity index (χ1) is 9.93. The topological polar surface area (TPSA) is 43.4 Å². The van der Waals surface area contributed by atoms with Crippen molar-refractivity contribution >= 4 is 0 Å². The fourth-order valence-electron chi connectivity index (χ4n) is 1.75. The molecular weight excluding hydrogens is 264 g/mol. The average Bonchev–Trinajstić information content (AvgIpc) is 2.45. The molecule has 0 radical (unpaired) electrons. The van der Waals surface area contributed by atoms with Gasteiger partial charge in [0.15, 0.2) is 0 Å². The molecule has 1 heterocycles. The standard InChI is InChI=1S/C17H30N2O2/c1-14(2)10-18-11-15-6-7-16(19-12-15)13-21-9-8-17(3,4)20-5/h6-7,12,14,18H,8-11,13H2,1-5H3. The van der Waals surface area contributed by atoms with Crippen LogP contribution in [0.2, 0.25) is 0 Å². The largest absolute Gasteiger partial charge is 0.379 e. The van der Waals surface area contributed by atoms with Crippen molar-refractivity contribution in [1.29, 1.82) is 0 Å². The molecule has 1 aromatic rings. The summed E-state index contributed by atoms with van der Waals surface area (Å²) in [5, 5.41) is 3.41. The molecule has 0 aromatic carbocycles. The van der Waals surface area contributed by atoms with Crippen LogP contribution in [0.3, 0.4) is 0 Å². The number of nitrogens with zero attached hydrogens (tertiary/aromatic N) is 1. The van der Waals surface area contributed by atoms with Crippen LogP contribution in [-0.4, -0.2) is 30.8 Å². The molecule has 1 N–H and O–H groups in total. The first-order valence-corrected chi connectivity index (χ1v) is 7.70. The number of rotatable bonds is 10. The second kappa shape index (κ2) is 9.13. The van der Waals surface area contributed by atoms with E-state index in [1.807, 2.05) is 12.3 Å². The zero-order valence-electron chi connectivity index (χ0n) is 14.1.